The average Bonchev–Trinajstić information content (AvgIpc) is 3.12. The van der Waals surface area contributed by atoms with Gasteiger partial charge in [-0.1, -0.05) is 31.5 Å². The largest absolute Gasteiger partial charge is 0.305 e. The molecule has 32 heavy (non-hydrogen) atoms. The number of hydrogen-bond acceptors (Lipinski definition) is 3. The fourth-order valence-electron chi connectivity index (χ4n) is 7.49. The van der Waals surface area contributed by atoms with Gasteiger partial charge in [0.25, 0.3) is 0 Å². The maximum absolute atomic E-state index is 12.4. The minimum Gasteiger partial charge on any atom is -0.293 e. The highest BCUT2D eigenvalue weighted by Crippen LogP contribution is 2.65. The summed E-state index contributed by atoms with van der Waals surface area (Å²) in [6.07, 6.45) is 11.7. The number of Topliss-reactive ketones (excluding diaryl/α,β-unsaturated/α-hetero) is 1. The van der Waals surface area contributed by atoms with Gasteiger partial charge in [-0.3, -0.25) is 9.59 Å². The molecule has 5 rings (SSSR count). The fourth-order valence-corrected chi connectivity index (χ4v) is 7.90. The normalized spacial score (nSPS) is 37.7. The molecule has 1 aromatic heterocycles. The molecule has 0 aromatic carbocycles. The van der Waals surface area contributed by atoms with E-state index in [0.717, 1.165) is 50.7 Å². The molecule has 6 heteroatoms. The Balaban J connectivity index is 1.32. The Labute approximate surface area is 195 Å². The molecule has 0 radical (unpaired) electrons. The van der Waals surface area contributed by atoms with Crippen LogP contribution in [0.15, 0.2) is 46.3 Å². The van der Waals surface area contributed by atoms with Crippen LogP contribution >= 0.6 is 11.6 Å². The Bertz CT molecular complexity index is 1000. The van der Waals surface area contributed by atoms with Crippen molar-refractivity contribution in [2.24, 2.45) is 33.7 Å². The highest BCUT2D eigenvalue weighted by molar-refractivity contribution is 6.43. The average molecular weight is 455 g/mol. The van der Waals surface area contributed by atoms with Gasteiger partial charge in [0.1, 0.15) is 0 Å². The zero-order valence-corrected chi connectivity index (χ0v) is 19.8. The Morgan fingerprint density at radius 2 is 1.81 bits per heavy atom. The fraction of sp³-hybridized carbons (Fsp3) is 0.615. The van der Waals surface area contributed by atoms with Gasteiger partial charge in [0.2, 0.25) is 6.54 Å². The monoisotopic (exact) mass is 454 g/mol. The Morgan fingerprint density at radius 1 is 1.06 bits per heavy atom. The van der Waals surface area contributed by atoms with Crippen molar-refractivity contribution < 1.29 is 14.2 Å². The van der Waals surface area contributed by atoms with E-state index in [1.165, 1.54) is 5.57 Å². The van der Waals surface area contributed by atoms with Gasteiger partial charge in [0, 0.05) is 29.7 Å². The molecule has 4 aliphatic rings. The maximum Gasteiger partial charge on any atom is 0.305 e. The molecule has 0 spiro atoms. The first-order valence-electron chi connectivity index (χ1n) is 12.1. The van der Waals surface area contributed by atoms with E-state index in [9.17, 15) is 9.59 Å². The minimum atomic E-state index is -0.0871. The van der Waals surface area contributed by atoms with Gasteiger partial charge in [-0.15, -0.1) is 0 Å². The molecule has 0 bridgehead atoms. The minimum absolute atomic E-state index is 0.0557. The number of allylic oxidation sites excluding steroid dienone is 1. The second-order valence-electron chi connectivity index (χ2n) is 10.7. The number of halogens is 1. The van der Waals surface area contributed by atoms with E-state index >= 15 is 0 Å². The first-order chi connectivity index (χ1) is 15.3. The van der Waals surface area contributed by atoms with Crippen LogP contribution in [0.25, 0.3) is 0 Å². The molecule has 0 saturated heterocycles. The van der Waals surface area contributed by atoms with Gasteiger partial charge < -0.3 is 0 Å². The van der Waals surface area contributed by atoms with Crippen molar-refractivity contribution in [2.75, 3.05) is 0 Å². The smallest absolute Gasteiger partial charge is 0.293 e. The third-order valence-corrected chi connectivity index (χ3v) is 9.65. The predicted octanol–water partition coefficient (Wildman–Crippen LogP) is 4.54. The Hall–Kier alpha value is -2.01. The van der Waals surface area contributed by atoms with Gasteiger partial charge in [-0.2, -0.15) is 9.67 Å². The van der Waals surface area contributed by atoms with E-state index in [1.807, 2.05) is 35.2 Å². The van der Waals surface area contributed by atoms with E-state index < -0.39 is 0 Å². The molecular formula is C26H33ClN3O2+. The molecule has 1 N–H and O–H groups in total. The van der Waals surface area contributed by atoms with Crippen LogP contribution in [0, 0.1) is 28.6 Å². The lowest BCUT2D eigenvalue weighted by atomic mass is 9.47. The van der Waals surface area contributed by atoms with Crippen molar-refractivity contribution in [3.05, 3.63) is 41.2 Å². The first-order valence-corrected chi connectivity index (χ1v) is 12.4. The number of carbonyl (C=O) groups excluding carboxylic acids is 2. The van der Waals surface area contributed by atoms with Crippen molar-refractivity contribution in [1.82, 2.24) is 5.43 Å². The topological polar surface area (TPSA) is 62.4 Å². The van der Waals surface area contributed by atoms with Crippen LogP contribution in [0.2, 0.25) is 0 Å². The van der Waals surface area contributed by atoms with Gasteiger partial charge in [0.05, 0.1) is 5.03 Å². The van der Waals surface area contributed by atoms with Crippen molar-refractivity contribution in [3.63, 3.8) is 0 Å². The summed E-state index contributed by atoms with van der Waals surface area (Å²) in [4.78, 5) is 24.7. The SMILES string of the molecule is C[C@]12CCC(=O)C(Cl)=C1CC[C@@H]1[C@@H]2CC[C@]2(C)/C(=N\NC(=O)C[n+]3ccccc3)CC[C@@H]12. The number of hydrazone groups is 1. The van der Waals surface area contributed by atoms with E-state index in [-0.39, 0.29) is 29.1 Å². The van der Waals surface area contributed by atoms with E-state index in [0.29, 0.717) is 29.2 Å². The molecule has 0 unspecified atom stereocenters. The highest BCUT2D eigenvalue weighted by Gasteiger charge is 2.58. The van der Waals surface area contributed by atoms with Gasteiger partial charge >= 0.3 is 5.91 Å². The molecule has 1 amide bonds. The van der Waals surface area contributed by atoms with Gasteiger partial charge in [-0.05, 0) is 73.7 Å². The molecule has 4 aliphatic carbocycles. The molecule has 1 heterocycles. The lowest BCUT2D eigenvalue weighted by molar-refractivity contribution is -0.684. The number of amides is 1. The number of nitrogens with one attached hydrogen (secondary N) is 1. The summed E-state index contributed by atoms with van der Waals surface area (Å²) in [5.74, 6) is 1.88. The molecule has 5 nitrogen and oxygen atoms in total. The summed E-state index contributed by atoms with van der Waals surface area (Å²) in [7, 11) is 0. The summed E-state index contributed by atoms with van der Waals surface area (Å²) in [5, 5.41) is 5.20. The van der Waals surface area contributed by atoms with Crippen molar-refractivity contribution in [1.29, 1.82) is 0 Å². The van der Waals surface area contributed by atoms with E-state index in [4.69, 9.17) is 11.6 Å². The number of fused-ring (bicyclic) bond motifs is 5. The molecule has 5 atom stereocenters. The van der Waals surface area contributed by atoms with Crippen molar-refractivity contribution in [3.8, 4) is 0 Å². The molecular weight excluding hydrogens is 422 g/mol. The number of pyridine rings is 1. The van der Waals surface area contributed by atoms with Crippen LogP contribution in [0.1, 0.15) is 65.2 Å². The van der Waals surface area contributed by atoms with Crippen LogP contribution in [0.3, 0.4) is 0 Å². The summed E-state index contributed by atoms with van der Waals surface area (Å²) in [5.41, 5.74) is 5.35. The van der Waals surface area contributed by atoms with Crippen LogP contribution in [-0.4, -0.2) is 17.4 Å². The second-order valence-corrected chi connectivity index (χ2v) is 11.1. The van der Waals surface area contributed by atoms with Crippen LogP contribution in [-0.2, 0) is 16.1 Å². The molecule has 3 saturated carbocycles. The van der Waals surface area contributed by atoms with Gasteiger partial charge in [0.15, 0.2) is 18.2 Å². The number of aromatic nitrogens is 1. The summed E-state index contributed by atoms with van der Waals surface area (Å²) >= 11 is 6.52. The molecule has 170 valence electrons. The summed E-state index contributed by atoms with van der Waals surface area (Å²) in [6.45, 7) is 5.00. The summed E-state index contributed by atoms with van der Waals surface area (Å²) in [6, 6.07) is 5.77. The molecule has 3 fully saturated rings. The Morgan fingerprint density at radius 3 is 2.59 bits per heavy atom. The zero-order valence-electron chi connectivity index (χ0n) is 19.1. The van der Waals surface area contributed by atoms with Crippen LogP contribution < -0.4 is 9.99 Å². The van der Waals surface area contributed by atoms with Crippen molar-refractivity contribution >= 4 is 29.0 Å². The molecule has 1 aromatic rings. The summed E-state index contributed by atoms with van der Waals surface area (Å²) < 4.78 is 1.85. The van der Waals surface area contributed by atoms with Crippen LogP contribution in [0.5, 0.6) is 0 Å². The maximum atomic E-state index is 12.4. The third kappa shape index (κ3) is 3.44. The number of hydrogen-bond donors (Lipinski definition) is 1. The molecule has 0 aliphatic heterocycles. The zero-order chi connectivity index (χ0) is 22.5. The van der Waals surface area contributed by atoms with Crippen LogP contribution in [0.4, 0.5) is 0 Å². The standard InChI is InChI=1S/C26H32ClN3O2/c1-25-13-11-21(31)24(27)20(25)7-6-17-18-8-9-22(26(18,2)12-10-19(17)25)28-29-23(32)16-30-14-4-3-5-15-30/h3-5,14-15,17-19H,6-13,16H2,1-2H3/p+1/b28-22-/t17-,18-,19-,25+,26-/m0/s1. The first kappa shape index (κ1) is 21.8. The number of nitrogens with zero attached hydrogens (tertiary/aromatic N) is 2. The van der Waals surface area contributed by atoms with Crippen molar-refractivity contribution in [2.45, 2.75) is 71.8 Å². The highest BCUT2D eigenvalue weighted by atomic mass is 35.5. The second kappa shape index (κ2) is 8.09. The Kier molecular flexibility index (Phi) is 5.51. The van der Waals surface area contributed by atoms with Gasteiger partial charge in [-0.25, -0.2) is 5.43 Å². The quantitative estimate of drug-likeness (QED) is 0.538. The lowest BCUT2D eigenvalue weighted by Gasteiger charge is -2.57. The van der Waals surface area contributed by atoms with E-state index in [1.54, 1.807) is 0 Å². The van der Waals surface area contributed by atoms with E-state index in [2.05, 4.69) is 24.4 Å². The number of ketones is 1. The lowest BCUT2D eigenvalue weighted by Crippen LogP contribution is -2.51. The predicted molar refractivity (Wildman–Crippen MR) is 124 cm³/mol. The number of rotatable bonds is 3. The third-order valence-electron chi connectivity index (χ3n) is 9.21. The number of carbonyl (C=O) groups is 2.